The van der Waals surface area contributed by atoms with E-state index in [-0.39, 0.29) is 30.7 Å². The number of amides is 2. The Hall–Kier alpha value is -3.88. The highest BCUT2D eigenvalue weighted by molar-refractivity contribution is 5.99. The Morgan fingerprint density at radius 1 is 1.09 bits per heavy atom. The fraction of sp³-hybridized carbons (Fsp3) is 0.385. The molecule has 1 N–H and O–H groups in total. The van der Waals surface area contributed by atoms with E-state index in [1.165, 1.54) is 4.90 Å². The number of nitrogens with zero attached hydrogens (tertiary/aromatic N) is 4. The number of benzene rings is 2. The predicted octanol–water partition coefficient (Wildman–Crippen LogP) is 3.24. The standard InChI is InChI=1S/C26H28N4O5/c1-35-21-5-2-17(3-6-21)15-29-24(31)9-8-23(25(29)32)30-16-19-14-20(4-7-22(19)27-30)28-12-10-18(11-13-28)26(33)34/h2-7,14,16,18,23H,8-13,15H2,1H3,(H,33,34). The SMILES string of the molecule is COc1ccc(CN2C(=O)CCC(n3cc4cc(N5CCC(C(=O)O)CC5)ccc4n3)C2=O)cc1. The van der Waals surface area contributed by atoms with E-state index in [1.54, 1.807) is 11.8 Å². The number of carbonyl (C=O) groups is 3. The van der Waals surface area contributed by atoms with Crippen LogP contribution in [0.4, 0.5) is 5.69 Å². The van der Waals surface area contributed by atoms with E-state index < -0.39 is 12.0 Å². The lowest BCUT2D eigenvalue weighted by molar-refractivity contribution is -0.152. The number of imide groups is 1. The third-order valence-corrected chi connectivity index (χ3v) is 7.02. The third kappa shape index (κ3) is 4.58. The van der Waals surface area contributed by atoms with E-state index in [9.17, 15) is 19.5 Å². The van der Waals surface area contributed by atoms with Crippen molar-refractivity contribution in [3.8, 4) is 5.75 Å². The van der Waals surface area contributed by atoms with Gasteiger partial charge in [-0.1, -0.05) is 12.1 Å². The summed E-state index contributed by atoms with van der Waals surface area (Å²) in [6.45, 7) is 1.61. The number of piperidine rings is 2. The van der Waals surface area contributed by atoms with Gasteiger partial charge < -0.3 is 14.7 Å². The number of likely N-dealkylation sites (tertiary alicyclic amines) is 1. The normalized spacial score (nSPS) is 19.4. The first-order valence-corrected chi connectivity index (χ1v) is 11.9. The van der Waals surface area contributed by atoms with Gasteiger partial charge in [-0.2, -0.15) is 5.10 Å². The summed E-state index contributed by atoms with van der Waals surface area (Å²) in [7, 11) is 1.59. The Kier molecular flexibility index (Phi) is 6.15. The molecule has 2 amide bonds. The number of methoxy groups -OCH3 is 1. The Labute approximate surface area is 202 Å². The van der Waals surface area contributed by atoms with Crippen LogP contribution in [0.1, 0.15) is 37.3 Å². The molecule has 2 saturated heterocycles. The molecule has 3 heterocycles. The van der Waals surface area contributed by atoms with E-state index in [2.05, 4.69) is 10.00 Å². The van der Waals surface area contributed by atoms with Crippen LogP contribution >= 0.6 is 0 Å². The van der Waals surface area contributed by atoms with Crippen molar-refractivity contribution in [2.75, 3.05) is 25.1 Å². The molecule has 2 aromatic carbocycles. The minimum absolute atomic E-state index is 0.175. The number of fused-ring (bicyclic) bond motifs is 1. The lowest BCUT2D eigenvalue weighted by Gasteiger charge is -2.31. The van der Waals surface area contributed by atoms with Crippen molar-refractivity contribution in [1.29, 1.82) is 0 Å². The Morgan fingerprint density at radius 2 is 1.83 bits per heavy atom. The van der Waals surface area contributed by atoms with Crippen LogP contribution in [0.25, 0.3) is 10.9 Å². The summed E-state index contributed by atoms with van der Waals surface area (Å²) in [4.78, 5) is 40.6. The molecule has 5 rings (SSSR count). The number of aliphatic carboxylic acids is 1. The molecule has 182 valence electrons. The van der Waals surface area contributed by atoms with Gasteiger partial charge in [0, 0.05) is 36.8 Å². The molecule has 2 aliphatic rings. The van der Waals surface area contributed by atoms with E-state index in [0.29, 0.717) is 32.4 Å². The summed E-state index contributed by atoms with van der Waals surface area (Å²) < 4.78 is 6.86. The number of rotatable bonds is 6. The zero-order valence-electron chi connectivity index (χ0n) is 19.6. The van der Waals surface area contributed by atoms with Crippen molar-refractivity contribution in [3.05, 3.63) is 54.2 Å². The van der Waals surface area contributed by atoms with E-state index >= 15 is 0 Å². The van der Waals surface area contributed by atoms with Gasteiger partial charge in [-0.15, -0.1) is 0 Å². The zero-order valence-corrected chi connectivity index (χ0v) is 19.6. The van der Waals surface area contributed by atoms with Crippen molar-refractivity contribution in [2.45, 2.75) is 38.3 Å². The molecule has 0 radical (unpaired) electrons. The Bertz CT molecular complexity index is 1260. The maximum Gasteiger partial charge on any atom is 0.306 e. The largest absolute Gasteiger partial charge is 0.497 e. The highest BCUT2D eigenvalue weighted by Crippen LogP contribution is 2.30. The van der Waals surface area contributed by atoms with Crippen molar-refractivity contribution in [1.82, 2.24) is 14.7 Å². The fourth-order valence-corrected chi connectivity index (χ4v) is 4.92. The molecule has 9 heteroatoms. The van der Waals surface area contributed by atoms with Crippen molar-refractivity contribution in [3.63, 3.8) is 0 Å². The molecule has 0 aliphatic carbocycles. The summed E-state index contributed by atoms with van der Waals surface area (Å²) in [6.07, 6.45) is 3.82. The number of carboxylic acids is 1. The van der Waals surface area contributed by atoms with Gasteiger partial charge in [0.15, 0.2) is 0 Å². The third-order valence-electron chi connectivity index (χ3n) is 7.02. The molecule has 0 bridgehead atoms. The van der Waals surface area contributed by atoms with Gasteiger partial charge in [0.25, 0.3) is 5.91 Å². The number of hydrogen-bond donors (Lipinski definition) is 1. The summed E-state index contributed by atoms with van der Waals surface area (Å²) in [6, 6.07) is 12.8. The van der Waals surface area contributed by atoms with Gasteiger partial charge in [-0.05, 0) is 55.2 Å². The molecule has 1 unspecified atom stereocenters. The van der Waals surface area contributed by atoms with Gasteiger partial charge in [0.05, 0.1) is 25.1 Å². The molecule has 1 aromatic heterocycles. The first kappa shape index (κ1) is 22.9. The number of carbonyl (C=O) groups excluding carboxylic acids is 2. The van der Waals surface area contributed by atoms with Crippen LogP contribution in [-0.4, -0.2) is 57.8 Å². The smallest absolute Gasteiger partial charge is 0.306 e. The Balaban J connectivity index is 1.33. The van der Waals surface area contributed by atoms with E-state index in [4.69, 9.17) is 4.74 Å². The van der Waals surface area contributed by atoms with Crippen LogP contribution in [-0.2, 0) is 20.9 Å². The van der Waals surface area contributed by atoms with Gasteiger partial charge >= 0.3 is 5.97 Å². The second kappa shape index (κ2) is 9.40. The second-order valence-corrected chi connectivity index (χ2v) is 9.17. The van der Waals surface area contributed by atoms with Gasteiger partial charge in [0.1, 0.15) is 11.8 Å². The predicted molar refractivity (Wildman–Crippen MR) is 129 cm³/mol. The van der Waals surface area contributed by atoms with Crippen LogP contribution in [0, 0.1) is 5.92 Å². The molecule has 9 nitrogen and oxygen atoms in total. The number of hydrogen-bond acceptors (Lipinski definition) is 6. The highest BCUT2D eigenvalue weighted by Gasteiger charge is 2.36. The van der Waals surface area contributed by atoms with Crippen molar-refractivity contribution < 1.29 is 24.2 Å². The molecular formula is C26H28N4O5. The van der Waals surface area contributed by atoms with Crippen molar-refractivity contribution in [2.24, 2.45) is 5.92 Å². The minimum Gasteiger partial charge on any atom is -0.497 e. The van der Waals surface area contributed by atoms with Crippen molar-refractivity contribution >= 4 is 34.4 Å². The summed E-state index contributed by atoms with van der Waals surface area (Å²) in [5, 5.41) is 14.8. The topological polar surface area (TPSA) is 105 Å². The fourth-order valence-electron chi connectivity index (χ4n) is 4.92. The summed E-state index contributed by atoms with van der Waals surface area (Å²) >= 11 is 0. The molecular weight excluding hydrogens is 448 g/mol. The van der Waals surface area contributed by atoms with Gasteiger partial charge in [0.2, 0.25) is 5.91 Å². The van der Waals surface area contributed by atoms with Gasteiger partial charge in [-0.3, -0.25) is 24.0 Å². The summed E-state index contributed by atoms with van der Waals surface area (Å²) in [5.74, 6) is -0.708. The lowest BCUT2D eigenvalue weighted by atomic mass is 9.96. The quantitative estimate of drug-likeness (QED) is 0.545. The van der Waals surface area contributed by atoms with E-state index in [1.807, 2.05) is 48.7 Å². The minimum atomic E-state index is -0.724. The number of ether oxygens (including phenoxy) is 1. The first-order chi connectivity index (χ1) is 16.9. The van der Waals surface area contributed by atoms with Crippen LogP contribution in [0.2, 0.25) is 0 Å². The maximum atomic E-state index is 13.3. The molecule has 35 heavy (non-hydrogen) atoms. The molecule has 2 aliphatic heterocycles. The van der Waals surface area contributed by atoms with E-state index in [0.717, 1.165) is 27.9 Å². The molecule has 1 atom stereocenters. The molecule has 0 spiro atoms. The van der Waals surface area contributed by atoms with Crippen LogP contribution in [0.5, 0.6) is 5.75 Å². The molecule has 3 aromatic rings. The second-order valence-electron chi connectivity index (χ2n) is 9.17. The zero-order chi connectivity index (χ0) is 24.5. The lowest BCUT2D eigenvalue weighted by Crippen LogP contribution is -2.45. The highest BCUT2D eigenvalue weighted by atomic mass is 16.5. The van der Waals surface area contributed by atoms with Gasteiger partial charge in [-0.25, -0.2) is 0 Å². The maximum absolute atomic E-state index is 13.3. The number of aromatic nitrogens is 2. The molecule has 0 saturated carbocycles. The summed E-state index contributed by atoms with van der Waals surface area (Å²) in [5.41, 5.74) is 2.66. The average Bonchev–Trinajstić information content (AvgIpc) is 3.30. The first-order valence-electron chi connectivity index (χ1n) is 11.9. The van der Waals surface area contributed by atoms with Crippen LogP contribution in [0.3, 0.4) is 0 Å². The number of anilines is 1. The van der Waals surface area contributed by atoms with Crippen LogP contribution < -0.4 is 9.64 Å². The average molecular weight is 477 g/mol. The Morgan fingerprint density at radius 3 is 2.51 bits per heavy atom. The number of carboxylic acid groups (broad SMARTS) is 1. The molecule has 2 fully saturated rings. The monoisotopic (exact) mass is 476 g/mol. The van der Waals surface area contributed by atoms with Crippen LogP contribution in [0.15, 0.2) is 48.7 Å².